The first kappa shape index (κ1) is 21.1. The van der Waals surface area contributed by atoms with Gasteiger partial charge in [-0.1, -0.05) is 25.8 Å². The van der Waals surface area contributed by atoms with Crippen molar-refractivity contribution in [1.29, 1.82) is 0 Å². The Labute approximate surface area is 173 Å². The monoisotopic (exact) mass is 397 g/mol. The number of benzene rings is 1. The number of hydrogen-bond acceptors (Lipinski definition) is 4. The van der Waals surface area contributed by atoms with E-state index in [0.29, 0.717) is 5.82 Å². The Morgan fingerprint density at radius 3 is 2.57 bits per heavy atom. The van der Waals surface area contributed by atoms with Crippen LogP contribution >= 0.6 is 11.3 Å². The summed E-state index contributed by atoms with van der Waals surface area (Å²) in [6, 6.07) is 8.97. The van der Waals surface area contributed by atoms with Crippen LogP contribution in [0, 0.1) is 0 Å². The topological polar surface area (TPSA) is 50.9 Å². The first-order valence-corrected chi connectivity index (χ1v) is 11.5. The van der Waals surface area contributed by atoms with Gasteiger partial charge in [-0.3, -0.25) is 0 Å². The van der Waals surface area contributed by atoms with Crippen molar-refractivity contribution in [1.82, 2.24) is 10.3 Å². The summed E-state index contributed by atoms with van der Waals surface area (Å²) in [5, 5.41) is 5.97. The summed E-state index contributed by atoms with van der Waals surface area (Å²) in [6.45, 7) is 10.0. The molecule has 28 heavy (non-hydrogen) atoms. The standard InChI is InChI=1S/C24H35N3S/c1-5-6-11-18-16-20-22(28-18)19-15-17(12-13-21(19)27-23(20)25)10-8-7-9-14-26-24(2,3)4/h12-13,15-16,26H,5-11,14H2,1-4H3,(H2,25,27). The van der Waals surface area contributed by atoms with Crippen molar-refractivity contribution in [3.8, 4) is 0 Å². The maximum Gasteiger partial charge on any atom is 0.132 e. The SMILES string of the molecule is CCCCc1cc2c(N)nc3ccc(CCCCCNC(C)(C)C)cc3c2s1. The molecule has 3 N–H and O–H groups in total. The molecule has 0 radical (unpaired) electrons. The number of nitrogens with one attached hydrogen (secondary N) is 1. The van der Waals surface area contributed by atoms with Gasteiger partial charge in [0.05, 0.1) is 5.52 Å². The number of aryl methyl sites for hydroxylation is 2. The molecule has 0 amide bonds. The van der Waals surface area contributed by atoms with E-state index in [9.17, 15) is 0 Å². The van der Waals surface area contributed by atoms with E-state index in [0.717, 1.165) is 30.3 Å². The van der Waals surface area contributed by atoms with Gasteiger partial charge in [-0.25, -0.2) is 4.98 Å². The predicted molar refractivity (Wildman–Crippen MR) is 125 cm³/mol. The van der Waals surface area contributed by atoms with Crippen molar-refractivity contribution in [3.05, 3.63) is 34.7 Å². The van der Waals surface area contributed by atoms with Gasteiger partial charge in [-0.15, -0.1) is 11.3 Å². The number of unbranched alkanes of at least 4 members (excludes halogenated alkanes) is 3. The van der Waals surface area contributed by atoms with Gasteiger partial charge in [0.1, 0.15) is 5.82 Å². The quantitative estimate of drug-likeness (QED) is 0.407. The normalized spacial score (nSPS) is 12.3. The highest BCUT2D eigenvalue weighted by atomic mass is 32.1. The fourth-order valence-corrected chi connectivity index (χ4v) is 4.84. The number of rotatable bonds is 9. The van der Waals surface area contributed by atoms with Crippen molar-refractivity contribution in [3.63, 3.8) is 0 Å². The number of anilines is 1. The number of nitrogens with two attached hydrogens (primary N) is 1. The second kappa shape index (κ2) is 9.23. The third kappa shape index (κ3) is 5.45. The summed E-state index contributed by atoms with van der Waals surface area (Å²) in [4.78, 5) is 6.08. The van der Waals surface area contributed by atoms with E-state index < -0.39 is 0 Å². The molecule has 2 heterocycles. The van der Waals surface area contributed by atoms with Gasteiger partial charge in [-0.2, -0.15) is 0 Å². The predicted octanol–water partition coefficient (Wildman–Crippen LogP) is 6.48. The molecule has 0 aliphatic heterocycles. The van der Waals surface area contributed by atoms with Crippen molar-refractivity contribution >= 4 is 38.1 Å². The minimum atomic E-state index is 0.218. The molecule has 0 unspecified atom stereocenters. The second-order valence-electron chi connectivity index (χ2n) is 8.90. The fourth-order valence-electron chi connectivity index (χ4n) is 3.61. The minimum absolute atomic E-state index is 0.218. The van der Waals surface area contributed by atoms with Crippen LogP contribution in [0.5, 0.6) is 0 Å². The third-order valence-corrected chi connectivity index (χ3v) is 6.41. The summed E-state index contributed by atoms with van der Waals surface area (Å²) < 4.78 is 1.31. The maximum absolute atomic E-state index is 6.25. The van der Waals surface area contributed by atoms with Crippen LogP contribution in [-0.2, 0) is 12.8 Å². The molecule has 0 saturated heterocycles. The molecule has 0 fully saturated rings. The van der Waals surface area contributed by atoms with Gasteiger partial charge >= 0.3 is 0 Å². The molecule has 0 bridgehead atoms. The van der Waals surface area contributed by atoms with Gasteiger partial charge in [0.2, 0.25) is 0 Å². The molecule has 0 aliphatic carbocycles. The molecule has 0 spiro atoms. The number of hydrogen-bond donors (Lipinski definition) is 2. The number of nitrogen functional groups attached to an aromatic ring is 1. The largest absolute Gasteiger partial charge is 0.383 e. The number of aromatic nitrogens is 1. The average Bonchev–Trinajstić information content (AvgIpc) is 3.07. The van der Waals surface area contributed by atoms with E-state index in [-0.39, 0.29) is 5.54 Å². The highest BCUT2D eigenvalue weighted by Gasteiger charge is 2.11. The van der Waals surface area contributed by atoms with E-state index in [2.05, 4.69) is 62.3 Å². The lowest BCUT2D eigenvalue weighted by atomic mass is 10.0. The molecular formula is C24H35N3S. The second-order valence-corrected chi connectivity index (χ2v) is 10.0. The summed E-state index contributed by atoms with van der Waals surface area (Å²) >= 11 is 1.90. The zero-order valence-electron chi connectivity index (χ0n) is 17.9. The molecule has 152 valence electrons. The first-order chi connectivity index (χ1) is 13.4. The Hall–Kier alpha value is -1.65. The van der Waals surface area contributed by atoms with Crippen LogP contribution in [0.3, 0.4) is 0 Å². The highest BCUT2D eigenvalue weighted by Crippen LogP contribution is 2.36. The van der Waals surface area contributed by atoms with Gasteiger partial charge in [0.25, 0.3) is 0 Å². The van der Waals surface area contributed by atoms with Gasteiger partial charge < -0.3 is 11.1 Å². The maximum atomic E-state index is 6.25. The van der Waals surface area contributed by atoms with E-state index in [1.807, 2.05) is 11.3 Å². The number of pyridine rings is 1. The van der Waals surface area contributed by atoms with Gasteiger partial charge in [-0.05, 0) is 83.2 Å². The van der Waals surface area contributed by atoms with Crippen LogP contribution in [0.1, 0.15) is 70.2 Å². The smallest absolute Gasteiger partial charge is 0.132 e. The summed E-state index contributed by atoms with van der Waals surface area (Å²) in [5.41, 5.74) is 8.90. The van der Waals surface area contributed by atoms with Crippen LogP contribution in [0.25, 0.3) is 21.0 Å². The molecule has 1 aromatic carbocycles. The molecule has 4 heteroatoms. The zero-order chi connectivity index (χ0) is 20.1. The highest BCUT2D eigenvalue weighted by molar-refractivity contribution is 7.20. The zero-order valence-corrected chi connectivity index (χ0v) is 18.7. The summed E-state index contributed by atoms with van der Waals surface area (Å²) in [6.07, 6.45) is 8.45. The Morgan fingerprint density at radius 2 is 1.82 bits per heavy atom. The summed E-state index contributed by atoms with van der Waals surface area (Å²) in [7, 11) is 0. The van der Waals surface area contributed by atoms with Crippen LogP contribution in [0.15, 0.2) is 24.3 Å². The van der Waals surface area contributed by atoms with Gasteiger partial charge in [0, 0.05) is 25.9 Å². The van der Waals surface area contributed by atoms with Crippen LogP contribution in [0.2, 0.25) is 0 Å². The molecule has 2 aromatic heterocycles. The average molecular weight is 398 g/mol. The summed E-state index contributed by atoms with van der Waals surface area (Å²) in [5.74, 6) is 0.667. The fraction of sp³-hybridized carbons (Fsp3) is 0.542. The lowest BCUT2D eigenvalue weighted by molar-refractivity contribution is 0.417. The molecule has 0 aliphatic rings. The lowest BCUT2D eigenvalue weighted by Crippen LogP contribution is -2.36. The Morgan fingerprint density at radius 1 is 1.00 bits per heavy atom. The van der Waals surface area contributed by atoms with Crippen LogP contribution in [-0.4, -0.2) is 17.1 Å². The van der Waals surface area contributed by atoms with E-state index in [1.165, 1.54) is 52.6 Å². The first-order valence-electron chi connectivity index (χ1n) is 10.7. The molecule has 0 saturated carbocycles. The van der Waals surface area contributed by atoms with Crippen molar-refractivity contribution < 1.29 is 0 Å². The Bertz CT molecular complexity index is 921. The van der Waals surface area contributed by atoms with Gasteiger partial charge in [0.15, 0.2) is 0 Å². The number of nitrogens with zero attached hydrogens (tertiary/aromatic N) is 1. The van der Waals surface area contributed by atoms with E-state index >= 15 is 0 Å². The Kier molecular flexibility index (Phi) is 6.95. The third-order valence-electron chi connectivity index (χ3n) is 5.18. The molecule has 3 aromatic rings. The minimum Gasteiger partial charge on any atom is -0.383 e. The molecule has 3 rings (SSSR count). The lowest BCUT2D eigenvalue weighted by Gasteiger charge is -2.20. The van der Waals surface area contributed by atoms with Crippen LogP contribution < -0.4 is 11.1 Å². The van der Waals surface area contributed by atoms with E-state index in [4.69, 9.17) is 5.73 Å². The van der Waals surface area contributed by atoms with Crippen molar-refractivity contribution in [2.45, 2.75) is 78.2 Å². The van der Waals surface area contributed by atoms with Crippen molar-refractivity contribution in [2.24, 2.45) is 0 Å². The van der Waals surface area contributed by atoms with Crippen molar-refractivity contribution in [2.75, 3.05) is 12.3 Å². The van der Waals surface area contributed by atoms with E-state index in [1.54, 1.807) is 0 Å². The molecule has 3 nitrogen and oxygen atoms in total. The number of thiophene rings is 1. The van der Waals surface area contributed by atoms with Crippen LogP contribution in [0.4, 0.5) is 5.82 Å². The molecule has 0 atom stereocenters. The Balaban J connectivity index is 1.70. The number of fused-ring (bicyclic) bond motifs is 3. The molecular weight excluding hydrogens is 362 g/mol.